The lowest BCUT2D eigenvalue weighted by Crippen LogP contribution is -2.08. The van der Waals surface area contributed by atoms with Crippen LogP contribution in [0.5, 0.6) is 0 Å². The molecule has 4 heteroatoms. The predicted octanol–water partition coefficient (Wildman–Crippen LogP) is 2.68. The van der Waals surface area contributed by atoms with Gasteiger partial charge >= 0.3 is 5.97 Å². The van der Waals surface area contributed by atoms with Crippen molar-refractivity contribution in [2.24, 2.45) is 0 Å². The Morgan fingerprint density at radius 1 is 1.26 bits per heavy atom. The van der Waals surface area contributed by atoms with Gasteiger partial charge in [0.05, 0.1) is 12.8 Å². The van der Waals surface area contributed by atoms with E-state index in [9.17, 15) is 4.79 Å². The van der Waals surface area contributed by atoms with Crippen LogP contribution in [0.25, 0.3) is 11.1 Å². The second kappa shape index (κ2) is 5.52. The molecule has 1 heterocycles. The summed E-state index contributed by atoms with van der Waals surface area (Å²) in [6.07, 6.45) is 2.63. The van der Waals surface area contributed by atoms with Crippen molar-refractivity contribution < 1.29 is 9.53 Å². The van der Waals surface area contributed by atoms with Crippen molar-refractivity contribution in [2.45, 2.75) is 13.3 Å². The van der Waals surface area contributed by atoms with E-state index in [4.69, 9.17) is 5.73 Å². The van der Waals surface area contributed by atoms with Crippen LogP contribution in [0.3, 0.4) is 0 Å². The first kappa shape index (κ1) is 13.1. The Bertz CT molecular complexity index is 592. The van der Waals surface area contributed by atoms with E-state index in [0.29, 0.717) is 5.69 Å². The van der Waals surface area contributed by atoms with E-state index >= 15 is 0 Å². The molecule has 0 amide bonds. The number of nitrogen functional groups attached to an aromatic ring is 1. The molecular formula is C15H16N2O2. The van der Waals surface area contributed by atoms with Gasteiger partial charge < -0.3 is 10.5 Å². The van der Waals surface area contributed by atoms with Crippen LogP contribution in [0, 0.1) is 0 Å². The first-order valence-corrected chi connectivity index (χ1v) is 6.09. The standard InChI is InChI=1S/C15H16N2O2/c1-3-10-4-6-11(7-5-10)12-8-13(16)14(17-9-12)15(18)19-2/h4-9H,3,16H2,1-2H3. The van der Waals surface area contributed by atoms with Crippen molar-refractivity contribution in [3.8, 4) is 11.1 Å². The molecule has 0 aliphatic heterocycles. The number of nitrogens with two attached hydrogens (primary N) is 1. The normalized spacial score (nSPS) is 10.2. The summed E-state index contributed by atoms with van der Waals surface area (Å²) in [7, 11) is 1.31. The van der Waals surface area contributed by atoms with Gasteiger partial charge in [-0.2, -0.15) is 0 Å². The number of benzene rings is 1. The average Bonchev–Trinajstić information content (AvgIpc) is 2.46. The van der Waals surface area contributed by atoms with E-state index in [0.717, 1.165) is 17.5 Å². The number of carbonyl (C=O) groups excluding carboxylic acids is 1. The summed E-state index contributed by atoms with van der Waals surface area (Å²) in [4.78, 5) is 15.5. The number of esters is 1. The lowest BCUT2D eigenvalue weighted by atomic mass is 10.0. The van der Waals surface area contributed by atoms with Gasteiger partial charge in [-0.15, -0.1) is 0 Å². The number of methoxy groups -OCH3 is 1. The van der Waals surface area contributed by atoms with Gasteiger partial charge in [0.25, 0.3) is 0 Å². The molecule has 0 unspecified atom stereocenters. The van der Waals surface area contributed by atoms with Crippen molar-refractivity contribution in [2.75, 3.05) is 12.8 Å². The molecule has 0 bridgehead atoms. The highest BCUT2D eigenvalue weighted by atomic mass is 16.5. The third-order valence-corrected chi connectivity index (χ3v) is 2.99. The van der Waals surface area contributed by atoms with Crippen molar-refractivity contribution in [3.63, 3.8) is 0 Å². The second-order valence-electron chi connectivity index (χ2n) is 4.20. The minimum atomic E-state index is -0.523. The number of aromatic nitrogens is 1. The molecule has 0 fully saturated rings. The van der Waals surface area contributed by atoms with E-state index in [1.54, 1.807) is 12.3 Å². The molecule has 0 atom stereocenters. The van der Waals surface area contributed by atoms with Crippen LogP contribution in [0.15, 0.2) is 36.5 Å². The summed E-state index contributed by atoms with van der Waals surface area (Å²) >= 11 is 0. The number of hydrogen-bond acceptors (Lipinski definition) is 4. The zero-order chi connectivity index (χ0) is 13.8. The molecule has 0 radical (unpaired) electrons. The Morgan fingerprint density at radius 2 is 1.95 bits per heavy atom. The fourth-order valence-corrected chi connectivity index (χ4v) is 1.84. The molecule has 2 aromatic rings. The van der Waals surface area contributed by atoms with Crippen molar-refractivity contribution in [1.82, 2.24) is 4.98 Å². The summed E-state index contributed by atoms with van der Waals surface area (Å²) < 4.78 is 4.61. The Balaban J connectivity index is 2.35. The van der Waals surface area contributed by atoms with Gasteiger partial charge in [0.15, 0.2) is 5.69 Å². The minimum absolute atomic E-state index is 0.149. The second-order valence-corrected chi connectivity index (χ2v) is 4.20. The molecule has 0 saturated heterocycles. The van der Waals surface area contributed by atoms with Crippen LogP contribution in [0.2, 0.25) is 0 Å². The molecule has 0 spiro atoms. The number of aryl methyl sites for hydroxylation is 1. The Morgan fingerprint density at radius 3 is 2.47 bits per heavy atom. The highest BCUT2D eigenvalue weighted by molar-refractivity contribution is 5.93. The van der Waals surface area contributed by atoms with Crippen LogP contribution >= 0.6 is 0 Å². The zero-order valence-corrected chi connectivity index (χ0v) is 11.0. The highest BCUT2D eigenvalue weighted by Crippen LogP contribution is 2.23. The third-order valence-electron chi connectivity index (χ3n) is 2.99. The van der Waals surface area contributed by atoms with E-state index in [2.05, 4.69) is 28.8 Å². The topological polar surface area (TPSA) is 65.2 Å². The van der Waals surface area contributed by atoms with Gasteiger partial charge in [-0.3, -0.25) is 0 Å². The minimum Gasteiger partial charge on any atom is -0.464 e. The quantitative estimate of drug-likeness (QED) is 0.857. The summed E-state index contributed by atoms with van der Waals surface area (Å²) in [5.74, 6) is -0.523. The zero-order valence-electron chi connectivity index (χ0n) is 11.0. The van der Waals surface area contributed by atoms with E-state index in [1.165, 1.54) is 12.7 Å². The van der Waals surface area contributed by atoms with Gasteiger partial charge in [0.2, 0.25) is 0 Å². The predicted molar refractivity (Wildman–Crippen MR) is 74.8 cm³/mol. The molecular weight excluding hydrogens is 240 g/mol. The fraction of sp³-hybridized carbons (Fsp3) is 0.200. The summed E-state index contributed by atoms with van der Waals surface area (Å²) in [6.45, 7) is 2.11. The maximum atomic E-state index is 11.4. The molecule has 19 heavy (non-hydrogen) atoms. The maximum Gasteiger partial charge on any atom is 0.358 e. The highest BCUT2D eigenvalue weighted by Gasteiger charge is 2.12. The van der Waals surface area contributed by atoms with Crippen LogP contribution in [0.1, 0.15) is 23.0 Å². The molecule has 1 aromatic heterocycles. The van der Waals surface area contributed by atoms with E-state index < -0.39 is 5.97 Å². The van der Waals surface area contributed by atoms with E-state index in [-0.39, 0.29) is 5.69 Å². The Labute approximate surface area is 112 Å². The summed E-state index contributed by atoms with van der Waals surface area (Å²) in [5.41, 5.74) is 9.48. The van der Waals surface area contributed by atoms with Crippen LogP contribution in [0.4, 0.5) is 5.69 Å². The largest absolute Gasteiger partial charge is 0.464 e. The number of pyridine rings is 1. The van der Waals surface area contributed by atoms with Gasteiger partial charge in [0.1, 0.15) is 0 Å². The molecule has 98 valence electrons. The number of hydrogen-bond donors (Lipinski definition) is 1. The van der Waals surface area contributed by atoms with Gasteiger partial charge in [-0.25, -0.2) is 9.78 Å². The molecule has 2 rings (SSSR count). The van der Waals surface area contributed by atoms with Crippen LogP contribution in [-0.2, 0) is 11.2 Å². The Kier molecular flexibility index (Phi) is 3.80. The first-order chi connectivity index (χ1) is 9.15. The summed E-state index contributed by atoms with van der Waals surface area (Å²) in [6, 6.07) is 9.92. The van der Waals surface area contributed by atoms with Gasteiger partial charge in [-0.05, 0) is 23.6 Å². The first-order valence-electron chi connectivity index (χ1n) is 6.09. The lowest BCUT2D eigenvalue weighted by Gasteiger charge is -2.07. The monoisotopic (exact) mass is 256 g/mol. The Hall–Kier alpha value is -2.36. The number of ether oxygens (including phenoxy) is 1. The lowest BCUT2D eigenvalue weighted by molar-refractivity contribution is 0.0595. The van der Waals surface area contributed by atoms with Gasteiger partial charge in [-0.1, -0.05) is 31.2 Å². The third kappa shape index (κ3) is 2.73. The molecule has 1 aromatic carbocycles. The SMILES string of the molecule is CCc1ccc(-c2cnc(C(=O)OC)c(N)c2)cc1. The molecule has 2 N–H and O–H groups in total. The van der Waals surface area contributed by atoms with Gasteiger partial charge in [0, 0.05) is 11.8 Å². The molecule has 0 aliphatic rings. The number of anilines is 1. The van der Waals surface area contributed by atoms with E-state index in [1.807, 2.05) is 12.1 Å². The van der Waals surface area contributed by atoms with Crippen molar-refractivity contribution >= 4 is 11.7 Å². The molecule has 4 nitrogen and oxygen atoms in total. The average molecular weight is 256 g/mol. The number of nitrogens with zero attached hydrogens (tertiary/aromatic N) is 1. The van der Waals surface area contributed by atoms with Crippen LogP contribution < -0.4 is 5.73 Å². The fourth-order valence-electron chi connectivity index (χ4n) is 1.84. The van der Waals surface area contributed by atoms with Crippen molar-refractivity contribution in [3.05, 3.63) is 47.8 Å². The smallest absolute Gasteiger partial charge is 0.358 e. The number of carbonyl (C=O) groups is 1. The van der Waals surface area contributed by atoms with Crippen LogP contribution in [-0.4, -0.2) is 18.1 Å². The van der Waals surface area contributed by atoms with Crippen molar-refractivity contribution in [1.29, 1.82) is 0 Å². The summed E-state index contributed by atoms with van der Waals surface area (Å²) in [5, 5.41) is 0. The maximum absolute atomic E-state index is 11.4. The molecule has 0 aliphatic carbocycles. The number of rotatable bonds is 3. The molecule has 0 saturated carbocycles.